The molecule has 6 nitrogen and oxygen atoms in total. The van der Waals surface area contributed by atoms with Gasteiger partial charge in [0.2, 0.25) is 11.2 Å². The zero-order valence-electron chi connectivity index (χ0n) is 12.2. The van der Waals surface area contributed by atoms with Crippen LogP contribution in [0.5, 0.6) is 11.8 Å². The lowest BCUT2D eigenvalue weighted by atomic mass is 10.2. The van der Waals surface area contributed by atoms with Crippen LogP contribution in [0.25, 0.3) is 0 Å². The fourth-order valence-electron chi connectivity index (χ4n) is 2.18. The van der Waals surface area contributed by atoms with Crippen molar-refractivity contribution in [3.05, 3.63) is 33.0 Å². The first-order valence-corrected chi connectivity index (χ1v) is 8.04. The van der Waals surface area contributed by atoms with Gasteiger partial charge in [-0.05, 0) is 36.2 Å². The average molecular weight is 376 g/mol. The summed E-state index contributed by atoms with van der Waals surface area (Å²) < 4.78 is 11.0. The Bertz CT molecular complexity index is 700. The third-order valence-corrected chi connectivity index (χ3v) is 3.93. The second-order valence-electron chi connectivity index (χ2n) is 4.92. The number of hydrogen-bond acceptors (Lipinski definition) is 6. The van der Waals surface area contributed by atoms with Gasteiger partial charge < -0.3 is 14.4 Å². The third-order valence-electron chi connectivity index (χ3n) is 3.26. The highest BCUT2D eigenvalue weighted by Gasteiger charge is 2.18. The molecule has 0 N–H and O–H groups in total. The summed E-state index contributed by atoms with van der Waals surface area (Å²) in [5, 5.41) is 0.959. The van der Waals surface area contributed by atoms with Crippen LogP contribution in [0.4, 0.5) is 5.95 Å². The van der Waals surface area contributed by atoms with E-state index in [0.717, 1.165) is 5.56 Å². The van der Waals surface area contributed by atoms with Gasteiger partial charge in [0.1, 0.15) is 0 Å². The molecule has 0 radical (unpaired) electrons. The van der Waals surface area contributed by atoms with E-state index < -0.39 is 0 Å². The molecule has 1 saturated heterocycles. The minimum atomic E-state index is 0.0548. The number of aryl methyl sites for hydroxylation is 1. The SMILES string of the molecule is Cc1cc(Cl)cc(Cl)c1Oc1nc(Cl)nc(N2CCOCC2)n1. The fourth-order valence-corrected chi connectivity index (χ4v) is 2.96. The Hall–Kier alpha value is -1.34. The molecule has 1 aromatic carbocycles. The molecule has 0 unspecified atom stereocenters. The molecule has 1 aromatic heterocycles. The number of ether oxygens (including phenoxy) is 2. The Morgan fingerprint density at radius 3 is 2.52 bits per heavy atom. The number of anilines is 1. The second-order valence-corrected chi connectivity index (χ2v) is 6.10. The highest BCUT2D eigenvalue weighted by atomic mass is 35.5. The second kappa shape index (κ2) is 7.05. The van der Waals surface area contributed by atoms with Crippen LogP contribution < -0.4 is 9.64 Å². The molecule has 0 atom stereocenters. The van der Waals surface area contributed by atoms with Crippen LogP contribution >= 0.6 is 34.8 Å². The first-order valence-electron chi connectivity index (χ1n) is 6.90. The Morgan fingerprint density at radius 1 is 1.09 bits per heavy atom. The van der Waals surface area contributed by atoms with Gasteiger partial charge in [-0.3, -0.25) is 0 Å². The van der Waals surface area contributed by atoms with E-state index in [1.54, 1.807) is 12.1 Å². The first kappa shape index (κ1) is 16.5. The van der Waals surface area contributed by atoms with Gasteiger partial charge in [-0.2, -0.15) is 15.0 Å². The molecular formula is C14H13Cl3N4O2. The Morgan fingerprint density at radius 2 is 1.83 bits per heavy atom. The number of rotatable bonds is 3. The van der Waals surface area contributed by atoms with Crippen LogP contribution in [0.3, 0.4) is 0 Å². The first-order chi connectivity index (χ1) is 11.0. The van der Waals surface area contributed by atoms with Gasteiger partial charge in [0.05, 0.1) is 18.2 Å². The van der Waals surface area contributed by atoms with Crippen molar-refractivity contribution in [3.63, 3.8) is 0 Å². The highest BCUT2D eigenvalue weighted by molar-refractivity contribution is 6.35. The summed E-state index contributed by atoms with van der Waals surface area (Å²) in [7, 11) is 0. The molecule has 2 heterocycles. The monoisotopic (exact) mass is 374 g/mol. The largest absolute Gasteiger partial charge is 0.422 e. The molecule has 0 spiro atoms. The van der Waals surface area contributed by atoms with E-state index in [9.17, 15) is 0 Å². The summed E-state index contributed by atoms with van der Waals surface area (Å²) in [5.74, 6) is 0.886. The van der Waals surface area contributed by atoms with Gasteiger partial charge >= 0.3 is 6.01 Å². The van der Waals surface area contributed by atoms with E-state index in [1.165, 1.54) is 0 Å². The predicted molar refractivity (Wildman–Crippen MR) is 89.1 cm³/mol. The highest BCUT2D eigenvalue weighted by Crippen LogP contribution is 2.34. The number of aromatic nitrogens is 3. The Balaban J connectivity index is 1.90. The van der Waals surface area contributed by atoms with Crippen molar-refractivity contribution in [2.24, 2.45) is 0 Å². The predicted octanol–water partition coefficient (Wildman–Crippen LogP) is 3.77. The van der Waals surface area contributed by atoms with E-state index in [1.807, 2.05) is 11.8 Å². The smallest absolute Gasteiger partial charge is 0.328 e. The normalized spacial score (nSPS) is 14.9. The molecule has 1 aliphatic heterocycles. The van der Waals surface area contributed by atoms with Crippen molar-refractivity contribution in [2.45, 2.75) is 6.92 Å². The van der Waals surface area contributed by atoms with E-state index in [-0.39, 0.29) is 11.3 Å². The number of benzene rings is 1. The molecule has 0 bridgehead atoms. The summed E-state index contributed by atoms with van der Waals surface area (Å²) in [6.07, 6.45) is 0. The Kier molecular flexibility index (Phi) is 5.06. The molecule has 23 heavy (non-hydrogen) atoms. The lowest BCUT2D eigenvalue weighted by Crippen LogP contribution is -2.37. The van der Waals surface area contributed by atoms with E-state index in [0.29, 0.717) is 48.0 Å². The average Bonchev–Trinajstić information content (AvgIpc) is 2.51. The maximum absolute atomic E-state index is 6.17. The molecule has 0 saturated carbocycles. The summed E-state index contributed by atoms with van der Waals surface area (Å²) in [5.41, 5.74) is 0.770. The molecule has 9 heteroatoms. The maximum atomic E-state index is 6.17. The maximum Gasteiger partial charge on any atom is 0.328 e. The van der Waals surface area contributed by atoms with Crippen LogP contribution in [0.1, 0.15) is 5.56 Å². The van der Waals surface area contributed by atoms with Crippen molar-refractivity contribution in [1.29, 1.82) is 0 Å². The van der Waals surface area contributed by atoms with Gasteiger partial charge in [-0.1, -0.05) is 23.2 Å². The van der Waals surface area contributed by atoms with E-state index in [4.69, 9.17) is 44.3 Å². The van der Waals surface area contributed by atoms with Gasteiger partial charge in [-0.15, -0.1) is 0 Å². The van der Waals surface area contributed by atoms with Gasteiger partial charge in [-0.25, -0.2) is 0 Å². The third kappa shape index (κ3) is 3.95. The minimum Gasteiger partial charge on any atom is -0.422 e. The van der Waals surface area contributed by atoms with Gasteiger partial charge in [0.25, 0.3) is 0 Å². The van der Waals surface area contributed by atoms with Crippen molar-refractivity contribution in [2.75, 3.05) is 31.2 Å². The van der Waals surface area contributed by atoms with Gasteiger partial charge in [0.15, 0.2) is 5.75 Å². The topological polar surface area (TPSA) is 60.4 Å². The molecule has 0 aliphatic carbocycles. The van der Waals surface area contributed by atoms with E-state index in [2.05, 4.69) is 15.0 Å². The van der Waals surface area contributed by atoms with Crippen LogP contribution in [0.15, 0.2) is 12.1 Å². The fraction of sp³-hybridized carbons (Fsp3) is 0.357. The number of nitrogens with zero attached hydrogens (tertiary/aromatic N) is 4. The standard InChI is InChI=1S/C14H13Cl3N4O2/c1-8-6-9(15)7-10(16)11(8)23-14-19-12(17)18-13(20-14)21-2-4-22-5-3-21/h6-7H,2-5H2,1H3. The quantitative estimate of drug-likeness (QED) is 0.814. The van der Waals surface area contributed by atoms with Gasteiger partial charge in [0, 0.05) is 18.1 Å². The van der Waals surface area contributed by atoms with Crippen LogP contribution in [0, 0.1) is 6.92 Å². The lowest BCUT2D eigenvalue weighted by molar-refractivity contribution is 0.122. The molecule has 1 aliphatic rings. The lowest BCUT2D eigenvalue weighted by Gasteiger charge is -2.26. The van der Waals surface area contributed by atoms with Crippen LogP contribution in [-0.2, 0) is 4.74 Å². The number of hydrogen-bond donors (Lipinski definition) is 0. The molecule has 122 valence electrons. The summed E-state index contributed by atoms with van der Waals surface area (Å²) in [6.45, 7) is 4.42. The summed E-state index contributed by atoms with van der Waals surface area (Å²) in [4.78, 5) is 14.4. The molecule has 0 amide bonds. The summed E-state index contributed by atoms with van der Waals surface area (Å²) >= 11 is 18.1. The molecule has 1 fully saturated rings. The molecule has 2 aromatic rings. The summed E-state index contributed by atoms with van der Waals surface area (Å²) in [6, 6.07) is 3.42. The molecular weight excluding hydrogens is 363 g/mol. The van der Waals surface area contributed by atoms with E-state index >= 15 is 0 Å². The van der Waals surface area contributed by atoms with Crippen molar-refractivity contribution in [3.8, 4) is 11.8 Å². The Labute approximate surface area is 148 Å². The van der Waals surface area contributed by atoms with Crippen molar-refractivity contribution >= 4 is 40.8 Å². The minimum absolute atomic E-state index is 0.0548. The van der Waals surface area contributed by atoms with Crippen LogP contribution in [0.2, 0.25) is 15.3 Å². The van der Waals surface area contributed by atoms with Crippen molar-refractivity contribution in [1.82, 2.24) is 15.0 Å². The zero-order chi connectivity index (χ0) is 16.4. The zero-order valence-corrected chi connectivity index (χ0v) is 14.5. The number of halogens is 3. The number of morpholine rings is 1. The molecule has 3 rings (SSSR count). The van der Waals surface area contributed by atoms with Crippen molar-refractivity contribution < 1.29 is 9.47 Å². The van der Waals surface area contributed by atoms with Crippen LogP contribution in [-0.4, -0.2) is 41.3 Å².